The van der Waals surface area contributed by atoms with E-state index in [0.717, 1.165) is 35.5 Å². The molecule has 1 aromatic heterocycles. The van der Waals surface area contributed by atoms with E-state index in [4.69, 9.17) is 18.9 Å². The first-order valence-electron chi connectivity index (χ1n) is 11.8. The molecule has 0 radical (unpaired) electrons. The normalized spacial score (nSPS) is 17.8. The molecule has 1 unspecified atom stereocenters. The molecule has 1 fully saturated rings. The number of nitrogens with one attached hydrogen (secondary N) is 1. The van der Waals surface area contributed by atoms with Gasteiger partial charge in [0.25, 0.3) is 5.91 Å². The molecule has 1 saturated heterocycles. The Hall–Kier alpha value is -3.76. The van der Waals surface area contributed by atoms with Crippen molar-refractivity contribution >= 4 is 5.91 Å². The molecule has 5 rings (SSSR count). The molecule has 0 spiro atoms. The molecular formula is C26H30N4O6. The predicted molar refractivity (Wildman–Crippen MR) is 132 cm³/mol. The third kappa shape index (κ3) is 4.22. The molecule has 0 aliphatic carbocycles. The van der Waals surface area contributed by atoms with Gasteiger partial charge in [0.05, 0.1) is 46.3 Å². The molecule has 3 aromatic rings. The van der Waals surface area contributed by atoms with E-state index in [-0.39, 0.29) is 23.2 Å². The second kappa shape index (κ2) is 10.1. The van der Waals surface area contributed by atoms with Gasteiger partial charge in [0.15, 0.2) is 11.5 Å². The quantitative estimate of drug-likeness (QED) is 0.492. The van der Waals surface area contributed by atoms with E-state index in [1.165, 1.54) is 14.2 Å². The van der Waals surface area contributed by atoms with Crippen LogP contribution in [0.4, 0.5) is 0 Å². The van der Waals surface area contributed by atoms with Gasteiger partial charge in [-0.25, -0.2) is 0 Å². The minimum Gasteiger partial charge on any atom is -0.502 e. The molecule has 2 aliphatic rings. The Bertz CT molecular complexity index is 1210. The average molecular weight is 495 g/mol. The number of morpholine rings is 1. The van der Waals surface area contributed by atoms with Crippen LogP contribution in [0.25, 0.3) is 11.3 Å². The smallest absolute Gasteiger partial charge is 0.273 e. The lowest BCUT2D eigenvalue weighted by Crippen LogP contribution is -2.42. The van der Waals surface area contributed by atoms with Crippen LogP contribution in [0, 0.1) is 0 Å². The molecule has 10 heteroatoms. The number of aromatic amines is 1. The van der Waals surface area contributed by atoms with Crippen molar-refractivity contribution in [3.63, 3.8) is 0 Å². The largest absolute Gasteiger partial charge is 0.502 e. The lowest BCUT2D eigenvalue weighted by molar-refractivity contribution is 0.0316. The van der Waals surface area contributed by atoms with Crippen LogP contribution in [0.3, 0.4) is 0 Å². The zero-order chi connectivity index (χ0) is 25.2. The summed E-state index contributed by atoms with van der Waals surface area (Å²) in [6.07, 6.45) is 0. The molecular weight excluding hydrogens is 464 g/mol. The van der Waals surface area contributed by atoms with Crippen LogP contribution >= 0.6 is 0 Å². The van der Waals surface area contributed by atoms with Crippen LogP contribution < -0.4 is 14.2 Å². The number of carbonyl (C=O) groups is 1. The van der Waals surface area contributed by atoms with Crippen molar-refractivity contribution in [2.45, 2.75) is 6.04 Å². The van der Waals surface area contributed by atoms with Gasteiger partial charge in [-0.05, 0) is 42.0 Å². The molecule has 2 aromatic carbocycles. The molecule has 10 nitrogen and oxygen atoms in total. The predicted octanol–water partition coefficient (Wildman–Crippen LogP) is 2.69. The Kier molecular flexibility index (Phi) is 6.71. The second-order valence-electron chi connectivity index (χ2n) is 8.72. The Labute approximate surface area is 209 Å². The number of benzene rings is 2. The van der Waals surface area contributed by atoms with Crippen LogP contribution in [-0.4, -0.2) is 91.7 Å². The van der Waals surface area contributed by atoms with Crippen molar-refractivity contribution < 1.29 is 28.8 Å². The minimum atomic E-state index is -0.451. The fourth-order valence-electron chi connectivity index (χ4n) is 4.89. The van der Waals surface area contributed by atoms with Gasteiger partial charge in [-0.15, -0.1) is 0 Å². The highest BCUT2D eigenvalue weighted by Crippen LogP contribution is 2.47. The van der Waals surface area contributed by atoms with Crippen molar-refractivity contribution in [2.75, 3.05) is 60.7 Å². The monoisotopic (exact) mass is 494 g/mol. The maximum atomic E-state index is 13.7. The Morgan fingerprint density at radius 1 is 1.03 bits per heavy atom. The number of phenols is 1. The maximum Gasteiger partial charge on any atom is 0.273 e. The SMILES string of the molecule is COc1ccc(-c2n[nH]c3c2C(c2cc(OC)c(O)c(OC)c2)N(CCN2CCOCC2)C3=O)cc1. The number of methoxy groups -OCH3 is 3. The van der Waals surface area contributed by atoms with Gasteiger partial charge >= 0.3 is 0 Å². The van der Waals surface area contributed by atoms with Crippen LogP contribution in [0.15, 0.2) is 36.4 Å². The number of phenolic OH excluding ortho intramolecular Hbond substituents is 1. The van der Waals surface area contributed by atoms with Gasteiger partial charge < -0.3 is 29.0 Å². The number of H-pyrrole nitrogens is 1. The van der Waals surface area contributed by atoms with E-state index >= 15 is 0 Å². The molecule has 2 N–H and O–H groups in total. The zero-order valence-electron chi connectivity index (χ0n) is 20.6. The average Bonchev–Trinajstić information content (AvgIpc) is 3.47. The van der Waals surface area contributed by atoms with E-state index in [2.05, 4.69) is 15.1 Å². The second-order valence-corrected chi connectivity index (χ2v) is 8.72. The van der Waals surface area contributed by atoms with Gasteiger partial charge in [-0.3, -0.25) is 14.8 Å². The van der Waals surface area contributed by atoms with Crippen molar-refractivity contribution in [1.82, 2.24) is 20.0 Å². The molecule has 2 aliphatic heterocycles. The number of hydrogen-bond donors (Lipinski definition) is 2. The number of fused-ring (bicyclic) bond motifs is 1. The fourth-order valence-corrected chi connectivity index (χ4v) is 4.89. The summed E-state index contributed by atoms with van der Waals surface area (Å²) < 4.78 is 21.6. The topological polar surface area (TPSA) is 109 Å². The number of aromatic nitrogens is 2. The van der Waals surface area contributed by atoms with Crippen molar-refractivity contribution in [3.8, 4) is 34.3 Å². The van der Waals surface area contributed by atoms with Gasteiger partial charge in [-0.1, -0.05) is 0 Å². The van der Waals surface area contributed by atoms with Crippen LogP contribution in [0.5, 0.6) is 23.0 Å². The molecule has 1 atom stereocenters. The fraction of sp³-hybridized carbons (Fsp3) is 0.385. The first-order valence-corrected chi connectivity index (χ1v) is 11.8. The van der Waals surface area contributed by atoms with E-state index in [1.54, 1.807) is 19.2 Å². The highest BCUT2D eigenvalue weighted by molar-refractivity contribution is 6.00. The summed E-state index contributed by atoms with van der Waals surface area (Å²) >= 11 is 0. The van der Waals surface area contributed by atoms with Crippen molar-refractivity contribution in [1.29, 1.82) is 0 Å². The van der Waals surface area contributed by atoms with E-state index in [9.17, 15) is 9.90 Å². The Morgan fingerprint density at radius 3 is 2.31 bits per heavy atom. The zero-order valence-corrected chi connectivity index (χ0v) is 20.6. The van der Waals surface area contributed by atoms with E-state index in [0.29, 0.717) is 37.7 Å². The third-order valence-corrected chi connectivity index (χ3v) is 6.81. The summed E-state index contributed by atoms with van der Waals surface area (Å²) in [7, 11) is 4.59. The van der Waals surface area contributed by atoms with Gasteiger partial charge in [0.2, 0.25) is 5.75 Å². The Morgan fingerprint density at radius 2 is 1.69 bits per heavy atom. The van der Waals surface area contributed by atoms with Crippen molar-refractivity contribution in [3.05, 3.63) is 53.2 Å². The molecule has 0 saturated carbocycles. The highest BCUT2D eigenvalue weighted by Gasteiger charge is 2.42. The first kappa shape index (κ1) is 24.0. The number of hydrogen-bond acceptors (Lipinski definition) is 8. The summed E-state index contributed by atoms with van der Waals surface area (Å²) in [5.74, 6) is 1.07. The van der Waals surface area contributed by atoms with Crippen LogP contribution in [0.2, 0.25) is 0 Å². The highest BCUT2D eigenvalue weighted by atomic mass is 16.5. The minimum absolute atomic E-state index is 0.0873. The summed E-state index contributed by atoms with van der Waals surface area (Å²) in [5.41, 5.74) is 3.54. The molecule has 36 heavy (non-hydrogen) atoms. The van der Waals surface area contributed by atoms with E-state index in [1.807, 2.05) is 29.2 Å². The standard InChI is InChI=1S/C26H30N4O6/c1-33-18-6-4-16(5-7-18)22-21-23(28-27-22)26(32)30(9-8-29-10-12-36-13-11-29)24(21)17-14-19(34-2)25(31)20(15-17)35-3/h4-7,14-15,24,31H,8-13H2,1-3H3,(H,27,28). The number of rotatable bonds is 8. The molecule has 0 bridgehead atoms. The van der Waals surface area contributed by atoms with Crippen LogP contribution in [0.1, 0.15) is 27.7 Å². The molecule has 1 amide bonds. The first-order chi connectivity index (χ1) is 17.5. The number of amides is 1. The van der Waals surface area contributed by atoms with Crippen LogP contribution in [-0.2, 0) is 4.74 Å². The lowest BCUT2D eigenvalue weighted by Gasteiger charge is -2.31. The summed E-state index contributed by atoms with van der Waals surface area (Å²) in [5, 5.41) is 18.0. The maximum absolute atomic E-state index is 13.7. The van der Waals surface area contributed by atoms with Gasteiger partial charge in [0.1, 0.15) is 11.4 Å². The third-order valence-electron chi connectivity index (χ3n) is 6.81. The van der Waals surface area contributed by atoms with Crippen molar-refractivity contribution in [2.24, 2.45) is 0 Å². The summed E-state index contributed by atoms with van der Waals surface area (Å²) in [6, 6.07) is 10.6. The number of nitrogens with zero attached hydrogens (tertiary/aromatic N) is 3. The number of ether oxygens (including phenoxy) is 4. The van der Waals surface area contributed by atoms with Gasteiger partial charge in [0, 0.05) is 37.3 Å². The number of aromatic hydroxyl groups is 1. The summed E-state index contributed by atoms with van der Waals surface area (Å²) in [6.45, 7) is 4.27. The number of carbonyl (C=O) groups excluding carboxylic acids is 1. The molecule has 3 heterocycles. The van der Waals surface area contributed by atoms with Gasteiger partial charge in [-0.2, -0.15) is 5.10 Å². The van der Waals surface area contributed by atoms with E-state index < -0.39 is 6.04 Å². The lowest BCUT2D eigenvalue weighted by atomic mass is 9.95. The summed E-state index contributed by atoms with van der Waals surface area (Å²) in [4.78, 5) is 17.8. The molecule has 190 valence electrons. The Balaban J connectivity index is 1.59.